The summed E-state index contributed by atoms with van der Waals surface area (Å²) in [5.74, 6) is 6.52. The Morgan fingerprint density at radius 3 is 2.77 bits per heavy atom. The van der Waals surface area contributed by atoms with Gasteiger partial charge in [0.2, 0.25) is 5.78 Å². The number of ketones is 1. The highest BCUT2D eigenvalue weighted by atomic mass is 16.1. The Balaban J connectivity index is 1.68. The van der Waals surface area contributed by atoms with Gasteiger partial charge in [-0.3, -0.25) is 4.79 Å². The summed E-state index contributed by atoms with van der Waals surface area (Å²) < 4.78 is 0. The molecule has 1 aromatic carbocycles. The first-order chi connectivity index (χ1) is 14.7. The molecule has 1 fully saturated rings. The van der Waals surface area contributed by atoms with E-state index >= 15 is 0 Å². The topological polar surface area (TPSA) is 84.1 Å². The molecule has 0 bridgehead atoms. The van der Waals surface area contributed by atoms with Gasteiger partial charge in [0, 0.05) is 31.9 Å². The van der Waals surface area contributed by atoms with Crippen LogP contribution >= 0.6 is 0 Å². The van der Waals surface area contributed by atoms with Gasteiger partial charge < -0.3 is 16.0 Å². The maximum atomic E-state index is 13.2. The molecule has 0 unspecified atom stereocenters. The lowest BCUT2D eigenvalue weighted by atomic mass is 10.0. The smallest absolute Gasteiger partial charge is 0.216 e. The quantitative estimate of drug-likeness (QED) is 0.520. The normalized spacial score (nSPS) is 15.9. The van der Waals surface area contributed by atoms with Crippen LogP contribution in [0.15, 0.2) is 60.8 Å². The zero-order valence-corrected chi connectivity index (χ0v) is 16.8. The largest absolute Gasteiger partial charge is 0.383 e. The van der Waals surface area contributed by atoms with Gasteiger partial charge in [-0.1, -0.05) is 36.3 Å². The average Bonchev–Trinajstić information content (AvgIpc) is 2.80. The van der Waals surface area contributed by atoms with Crippen molar-refractivity contribution in [2.24, 2.45) is 0 Å². The van der Waals surface area contributed by atoms with E-state index in [1.165, 1.54) is 5.56 Å². The Bertz CT molecular complexity index is 1120. The van der Waals surface area contributed by atoms with Gasteiger partial charge in [0.15, 0.2) is 0 Å². The second-order valence-electron chi connectivity index (χ2n) is 7.07. The van der Waals surface area contributed by atoms with Gasteiger partial charge in [-0.05, 0) is 36.8 Å². The fourth-order valence-electron chi connectivity index (χ4n) is 3.64. The van der Waals surface area contributed by atoms with Crippen molar-refractivity contribution in [3.63, 3.8) is 0 Å². The highest BCUT2D eigenvalue weighted by molar-refractivity contribution is 6.11. The maximum Gasteiger partial charge on any atom is 0.216 e. The van der Waals surface area contributed by atoms with E-state index in [0.29, 0.717) is 16.8 Å². The third-order valence-corrected chi connectivity index (χ3v) is 5.14. The van der Waals surface area contributed by atoms with Crippen molar-refractivity contribution in [2.45, 2.75) is 13.0 Å². The molecule has 3 aromatic rings. The number of benzene rings is 1. The number of nitrogen functional groups attached to an aromatic ring is 1. The Hall–Kier alpha value is -3.69. The molecule has 1 aliphatic heterocycles. The second-order valence-corrected chi connectivity index (χ2v) is 7.07. The van der Waals surface area contributed by atoms with Crippen molar-refractivity contribution in [1.29, 1.82) is 0 Å². The molecule has 1 atom stereocenters. The highest BCUT2D eigenvalue weighted by Crippen LogP contribution is 2.24. The molecule has 3 N–H and O–H groups in total. The van der Waals surface area contributed by atoms with Gasteiger partial charge in [-0.25, -0.2) is 9.97 Å². The van der Waals surface area contributed by atoms with Gasteiger partial charge in [0.1, 0.15) is 17.3 Å². The van der Waals surface area contributed by atoms with Crippen LogP contribution in [0.1, 0.15) is 40.1 Å². The molecule has 0 radical (unpaired) electrons. The molecule has 1 aliphatic rings. The molecular formula is C24H23N5O. The Morgan fingerprint density at radius 2 is 2.00 bits per heavy atom. The number of hydrogen-bond acceptors (Lipinski definition) is 6. The lowest BCUT2D eigenvalue weighted by Crippen LogP contribution is -2.46. The summed E-state index contributed by atoms with van der Waals surface area (Å²) in [5.41, 5.74) is 8.39. The summed E-state index contributed by atoms with van der Waals surface area (Å²) in [7, 11) is 0. The molecule has 4 rings (SSSR count). The summed E-state index contributed by atoms with van der Waals surface area (Å²) in [5, 5.41) is 3.55. The summed E-state index contributed by atoms with van der Waals surface area (Å²) in [6, 6.07) is 17.7. The maximum absolute atomic E-state index is 13.2. The van der Waals surface area contributed by atoms with Crippen molar-refractivity contribution in [1.82, 2.24) is 15.3 Å². The summed E-state index contributed by atoms with van der Waals surface area (Å²) in [6.45, 7) is 4.13. The summed E-state index contributed by atoms with van der Waals surface area (Å²) in [6.07, 6.45) is 1.56. The predicted octanol–water partition coefficient (Wildman–Crippen LogP) is 2.81. The van der Waals surface area contributed by atoms with Crippen LogP contribution in [-0.2, 0) is 0 Å². The van der Waals surface area contributed by atoms with Crippen LogP contribution in [0.3, 0.4) is 0 Å². The first-order valence-electron chi connectivity index (χ1n) is 9.89. The first kappa shape index (κ1) is 19.6. The lowest BCUT2D eigenvalue weighted by molar-refractivity contribution is 0.103. The van der Waals surface area contributed by atoms with E-state index in [2.05, 4.69) is 39.2 Å². The number of anilines is 2. The molecule has 2 aromatic heterocycles. The van der Waals surface area contributed by atoms with Crippen LogP contribution in [0.2, 0.25) is 0 Å². The molecule has 0 amide bonds. The Kier molecular flexibility index (Phi) is 5.73. The van der Waals surface area contributed by atoms with E-state index in [4.69, 9.17) is 10.7 Å². The van der Waals surface area contributed by atoms with Gasteiger partial charge in [-0.15, -0.1) is 5.92 Å². The zero-order valence-electron chi connectivity index (χ0n) is 16.8. The number of nitrogens with two attached hydrogens (primary N) is 1. The molecule has 1 saturated heterocycles. The number of nitrogens with one attached hydrogen (secondary N) is 1. The molecule has 6 heteroatoms. The fourth-order valence-corrected chi connectivity index (χ4v) is 3.64. The minimum absolute atomic E-state index is 0.191. The number of nitrogens with zero attached hydrogens (tertiary/aromatic N) is 3. The SMILES string of the molecule is CC#Cc1ccc(N2CCN[C@@H](c3ccccc3)C2)nc1C(=O)c1cccnc1N. The van der Waals surface area contributed by atoms with Gasteiger partial charge in [-0.2, -0.15) is 0 Å². The molecule has 0 spiro atoms. The van der Waals surface area contributed by atoms with Gasteiger partial charge >= 0.3 is 0 Å². The third kappa shape index (κ3) is 4.02. The monoisotopic (exact) mass is 397 g/mol. The molecule has 3 heterocycles. The number of carbonyl (C=O) groups is 1. The minimum Gasteiger partial charge on any atom is -0.383 e. The van der Waals surface area contributed by atoms with Crippen molar-refractivity contribution in [3.05, 3.63) is 83.2 Å². The number of hydrogen-bond donors (Lipinski definition) is 2. The Morgan fingerprint density at radius 1 is 1.17 bits per heavy atom. The average molecular weight is 397 g/mol. The first-order valence-corrected chi connectivity index (χ1v) is 9.89. The van der Waals surface area contributed by atoms with Crippen LogP contribution < -0.4 is 16.0 Å². The number of pyridine rings is 2. The van der Waals surface area contributed by atoms with Crippen LogP contribution in [-0.4, -0.2) is 35.4 Å². The van der Waals surface area contributed by atoms with E-state index in [-0.39, 0.29) is 17.6 Å². The molecular weight excluding hydrogens is 374 g/mol. The number of carbonyl (C=O) groups excluding carboxylic acids is 1. The molecule has 0 saturated carbocycles. The van der Waals surface area contributed by atoms with Gasteiger partial charge in [0.05, 0.1) is 11.1 Å². The van der Waals surface area contributed by atoms with Crippen LogP contribution in [0.4, 0.5) is 11.6 Å². The summed E-state index contributed by atoms with van der Waals surface area (Å²) >= 11 is 0. The number of aromatic nitrogens is 2. The molecule has 0 aliphatic carbocycles. The fraction of sp³-hybridized carbons (Fsp3) is 0.208. The highest BCUT2D eigenvalue weighted by Gasteiger charge is 2.24. The second kappa shape index (κ2) is 8.76. The molecule has 30 heavy (non-hydrogen) atoms. The standard InChI is InChI=1S/C24H23N5O/c1-2-7-18-11-12-21(28-22(18)23(30)19-10-6-13-27-24(19)25)29-15-14-26-20(16-29)17-8-4-3-5-9-17/h3-6,8-13,20,26H,14-16H2,1H3,(H2,25,27)/t20-/m1/s1. The van der Waals surface area contributed by atoms with Crippen molar-refractivity contribution >= 4 is 17.4 Å². The van der Waals surface area contributed by atoms with E-state index in [1.54, 1.807) is 25.3 Å². The molecule has 6 nitrogen and oxygen atoms in total. The number of rotatable bonds is 4. The number of piperazine rings is 1. The Labute approximate surface area is 176 Å². The molecule has 150 valence electrons. The minimum atomic E-state index is -0.269. The van der Waals surface area contributed by atoms with Gasteiger partial charge in [0.25, 0.3) is 0 Å². The van der Waals surface area contributed by atoms with Crippen LogP contribution in [0.25, 0.3) is 0 Å². The van der Waals surface area contributed by atoms with Crippen molar-refractivity contribution in [3.8, 4) is 11.8 Å². The van der Waals surface area contributed by atoms with E-state index < -0.39 is 0 Å². The zero-order chi connectivity index (χ0) is 20.9. The van der Waals surface area contributed by atoms with E-state index in [1.807, 2.05) is 30.3 Å². The lowest BCUT2D eigenvalue weighted by Gasteiger charge is -2.35. The predicted molar refractivity (Wildman–Crippen MR) is 118 cm³/mol. The van der Waals surface area contributed by atoms with E-state index in [0.717, 1.165) is 25.5 Å². The summed E-state index contributed by atoms with van der Waals surface area (Å²) in [4.78, 5) is 24.2. The van der Waals surface area contributed by atoms with Crippen LogP contribution in [0, 0.1) is 11.8 Å². The van der Waals surface area contributed by atoms with E-state index in [9.17, 15) is 4.79 Å². The van der Waals surface area contributed by atoms with Crippen LogP contribution in [0.5, 0.6) is 0 Å². The van der Waals surface area contributed by atoms with Crippen molar-refractivity contribution in [2.75, 3.05) is 30.3 Å². The van der Waals surface area contributed by atoms with Crippen molar-refractivity contribution < 1.29 is 4.79 Å². The third-order valence-electron chi connectivity index (χ3n) is 5.14.